The molecule has 1 aromatic carbocycles. The van der Waals surface area contributed by atoms with E-state index in [9.17, 15) is 14.3 Å². The molecule has 0 heterocycles. The van der Waals surface area contributed by atoms with Gasteiger partial charge in [-0.15, -0.1) is 0 Å². The van der Waals surface area contributed by atoms with Crippen LogP contribution in [0, 0.1) is 5.82 Å². The van der Waals surface area contributed by atoms with Gasteiger partial charge in [-0.2, -0.15) is 0 Å². The van der Waals surface area contributed by atoms with Crippen LogP contribution in [-0.2, 0) is 0 Å². The number of nitrogens with two attached hydrogens (primary N) is 1. The number of benzene rings is 1. The maximum Gasteiger partial charge on any atom is 0.335 e. The Balaban J connectivity index is 3.35. The number of halogens is 1. The maximum atomic E-state index is 13.0. The predicted molar refractivity (Wildman–Crippen MR) is 47.6 cm³/mol. The number of aromatic hydroxyl groups is 1. The summed E-state index contributed by atoms with van der Waals surface area (Å²) in [6, 6.07) is 1.29. The Bertz CT molecular complexity index is 377. The van der Waals surface area contributed by atoms with Gasteiger partial charge < -0.3 is 15.9 Å². The van der Waals surface area contributed by atoms with Crippen LogP contribution in [0.3, 0.4) is 0 Å². The molecule has 0 bridgehead atoms. The Labute approximate surface area is 79.8 Å². The van der Waals surface area contributed by atoms with Gasteiger partial charge in [0.25, 0.3) is 0 Å². The van der Waals surface area contributed by atoms with E-state index in [0.717, 1.165) is 12.1 Å². The zero-order valence-electron chi connectivity index (χ0n) is 7.49. The molecule has 0 aliphatic heterocycles. The third-order valence-corrected chi connectivity index (χ3v) is 1.83. The van der Waals surface area contributed by atoms with E-state index >= 15 is 0 Å². The number of aromatic carboxylic acids is 1. The second-order valence-electron chi connectivity index (χ2n) is 2.99. The summed E-state index contributed by atoms with van der Waals surface area (Å²) in [5.41, 5.74) is 5.29. The highest BCUT2D eigenvalue weighted by atomic mass is 19.1. The Kier molecular flexibility index (Phi) is 2.71. The van der Waals surface area contributed by atoms with Gasteiger partial charge in [-0.1, -0.05) is 0 Å². The molecule has 76 valence electrons. The summed E-state index contributed by atoms with van der Waals surface area (Å²) in [4.78, 5) is 10.6. The Morgan fingerprint density at radius 1 is 1.57 bits per heavy atom. The minimum absolute atomic E-state index is 0.0856. The fourth-order valence-corrected chi connectivity index (χ4v) is 1.09. The molecule has 0 radical (unpaired) electrons. The second-order valence-corrected chi connectivity index (χ2v) is 2.99. The number of hydrogen-bond acceptors (Lipinski definition) is 3. The van der Waals surface area contributed by atoms with E-state index in [1.54, 1.807) is 0 Å². The summed E-state index contributed by atoms with van der Waals surface area (Å²) in [6.45, 7) is 1.53. The number of phenols is 1. The first-order valence-corrected chi connectivity index (χ1v) is 3.94. The van der Waals surface area contributed by atoms with Gasteiger partial charge in [0.05, 0.1) is 5.56 Å². The summed E-state index contributed by atoms with van der Waals surface area (Å²) in [6.07, 6.45) is 0. The molecule has 14 heavy (non-hydrogen) atoms. The first kappa shape index (κ1) is 10.5. The standard InChI is InChI=1S/C9H10FNO3/c1-4(11)6-2-5(9(13)14)3-7(10)8(6)12/h2-4,12H,11H2,1H3,(H,13,14)/t4-/m0/s1. The number of carboxylic acids is 1. The van der Waals surface area contributed by atoms with Crippen molar-refractivity contribution < 1.29 is 19.4 Å². The van der Waals surface area contributed by atoms with Crippen LogP contribution < -0.4 is 5.73 Å². The predicted octanol–water partition coefficient (Wildman–Crippen LogP) is 1.25. The molecular formula is C9H10FNO3. The minimum Gasteiger partial charge on any atom is -0.505 e. The van der Waals surface area contributed by atoms with Gasteiger partial charge >= 0.3 is 5.97 Å². The van der Waals surface area contributed by atoms with Crippen LogP contribution in [-0.4, -0.2) is 16.2 Å². The van der Waals surface area contributed by atoms with E-state index in [4.69, 9.17) is 10.8 Å². The van der Waals surface area contributed by atoms with Crippen LogP contribution >= 0.6 is 0 Å². The van der Waals surface area contributed by atoms with Crippen molar-refractivity contribution in [3.63, 3.8) is 0 Å². The van der Waals surface area contributed by atoms with Crippen LogP contribution in [0.25, 0.3) is 0 Å². The molecule has 0 saturated heterocycles. The molecule has 0 amide bonds. The highest BCUT2D eigenvalue weighted by Gasteiger charge is 2.15. The molecule has 5 heteroatoms. The van der Waals surface area contributed by atoms with Crippen molar-refractivity contribution in [2.75, 3.05) is 0 Å². The van der Waals surface area contributed by atoms with Gasteiger partial charge in [-0.05, 0) is 19.1 Å². The molecule has 1 rings (SSSR count). The van der Waals surface area contributed by atoms with E-state index in [-0.39, 0.29) is 11.1 Å². The third kappa shape index (κ3) is 1.82. The normalized spacial score (nSPS) is 12.5. The van der Waals surface area contributed by atoms with Gasteiger partial charge in [-0.25, -0.2) is 9.18 Å². The summed E-state index contributed by atoms with van der Waals surface area (Å²) in [7, 11) is 0. The lowest BCUT2D eigenvalue weighted by molar-refractivity contribution is 0.0696. The Morgan fingerprint density at radius 2 is 2.14 bits per heavy atom. The number of phenolic OH excluding ortho intramolecular Hbond substituents is 1. The summed E-state index contributed by atoms with van der Waals surface area (Å²) in [5, 5.41) is 17.8. The monoisotopic (exact) mass is 199 g/mol. The van der Waals surface area contributed by atoms with Crippen molar-refractivity contribution in [3.8, 4) is 5.75 Å². The number of rotatable bonds is 2. The molecule has 1 aromatic rings. The van der Waals surface area contributed by atoms with Gasteiger partial charge in [0.2, 0.25) is 0 Å². The lowest BCUT2D eigenvalue weighted by Crippen LogP contribution is -2.08. The average Bonchev–Trinajstić information content (AvgIpc) is 2.08. The molecule has 0 unspecified atom stereocenters. The van der Waals surface area contributed by atoms with E-state index < -0.39 is 23.6 Å². The second kappa shape index (κ2) is 3.63. The van der Waals surface area contributed by atoms with Crippen molar-refractivity contribution in [2.24, 2.45) is 5.73 Å². The van der Waals surface area contributed by atoms with Crippen molar-refractivity contribution in [3.05, 3.63) is 29.1 Å². The molecule has 0 fully saturated rings. The Morgan fingerprint density at radius 3 is 2.57 bits per heavy atom. The van der Waals surface area contributed by atoms with E-state index in [0.29, 0.717) is 0 Å². The average molecular weight is 199 g/mol. The van der Waals surface area contributed by atoms with Crippen molar-refractivity contribution in [2.45, 2.75) is 13.0 Å². The lowest BCUT2D eigenvalue weighted by atomic mass is 10.0. The first-order valence-electron chi connectivity index (χ1n) is 3.94. The quantitative estimate of drug-likeness (QED) is 0.669. The van der Waals surface area contributed by atoms with Crippen molar-refractivity contribution in [1.29, 1.82) is 0 Å². The maximum absolute atomic E-state index is 13.0. The topological polar surface area (TPSA) is 83.6 Å². The third-order valence-electron chi connectivity index (χ3n) is 1.83. The molecular weight excluding hydrogens is 189 g/mol. The van der Waals surface area contributed by atoms with Crippen LogP contribution in [0.15, 0.2) is 12.1 Å². The molecule has 0 aromatic heterocycles. The fourth-order valence-electron chi connectivity index (χ4n) is 1.09. The highest BCUT2D eigenvalue weighted by Crippen LogP contribution is 2.27. The fraction of sp³-hybridized carbons (Fsp3) is 0.222. The van der Waals surface area contributed by atoms with Gasteiger partial charge in [0.15, 0.2) is 11.6 Å². The molecule has 0 saturated carbocycles. The first-order chi connectivity index (χ1) is 6.43. The van der Waals surface area contributed by atoms with Crippen molar-refractivity contribution in [1.82, 2.24) is 0 Å². The zero-order chi connectivity index (χ0) is 10.9. The summed E-state index contributed by atoms with van der Waals surface area (Å²) >= 11 is 0. The van der Waals surface area contributed by atoms with Crippen LogP contribution in [0.2, 0.25) is 0 Å². The van der Waals surface area contributed by atoms with Crippen LogP contribution in [0.4, 0.5) is 4.39 Å². The SMILES string of the molecule is C[C@H](N)c1cc(C(=O)O)cc(F)c1O. The van der Waals surface area contributed by atoms with Gasteiger partial charge in [0, 0.05) is 11.6 Å². The van der Waals surface area contributed by atoms with Crippen molar-refractivity contribution >= 4 is 5.97 Å². The van der Waals surface area contributed by atoms with E-state index in [1.165, 1.54) is 6.92 Å². The lowest BCUT2D eigenvalue weighted by Gasteiger charge is -2.09. The van der Waals surface area contributed by atoms with E-state index in [2.05, 4.69) is 0 Å². The molecule has 1 atom stereocenters. The molecule has 0 aliphatic carbocycles. The smallest absolute Gasteiger partial charge is 0.335 e. The summed E-state index contributed by atoms with van der Waals surface area (Å²) in [5.74, 6) is -2.83. The molecule has 4 nitrogen and oxygen atoms in total. The zero-order valence-corrected chi connectivity index (χ0v) is 7.49. The summed E-state index contributed by atoms with van der Waals surface area (Å²) < 4.78 is 13.0. The number of hydrogen-bond donors (Lipinski definition) is 3. The molecule has 4 N–H and O–H groups in total. The minimum atomic E-state index is -1.26. The van der Waals surface area contributed by atoms with Gasteiger partial charge in [0.1, 0.15) is 0 Å². The molecule has 0 aliphatic rings. The van der Waals surface area contributed by atoms with Crippen LogP contribution in [0.5, 0.6) is 5.75 Å². The van der Waals surface area contributed by atoms with Crippen LogP contribution in [0.1, 0.15) is 28.9 Å². The number of carboxylic acid groups (broad SMARTS) is 1. The molecule has 0 spiro atoms. The largest absolute Gasteiger partial charge is 0.505 e. The highest BCUT2D eigenvalue weighted by molar-refractivity contribution is 5.88. The Hall–Kier alpha value is -1.62. The van der Waals surface area contributed by atoms with Gasteiger partial charge in [-0.3, -0.25) is 0 Å². The van der Waals surface area contributed by atoms with E-state index in [1.807, 2.05) is 0 Å². The number of carbonyl (C=O) groups is 1.